The van der Waals surface area contributed by atoms with Crippen LogP contribution in [0, 0.1) is 0 Å². The van der Waals surface area contributed by atoms with Crippen LogP contribution in [-0.2, 0) is 4.79 Å². The molecule has 120 valence electrons. The van der Waals surface area contributed by atoms with Crippen LogP contribution in [0.5, 0.6) is 17.2 Å². The van der Waals surface area contributed by atoms with E-state index < -0.39 is 0 Å². The van der Waals surface area contributed by atoms with Crippen LogP contribution in [0.2, 0.25) is 0 Å². The number of imide groups is 1. The van der Waals surface area contributed by atoms with Crippen molar-refractivity contribution in [2.24, 2.45) is 0 Å². The maximum Gasteiger partial charge on any atom is 0.294 e. The van der Waals surface area contributed by atoms with Crippen LogP contribution in [0.3, 0.4) is 0 Å². The van der Waals surface area contributed by atoms with E-state index in [9.17, 15) is 9.59 Å². The molecule has 1 atom stereocenters. The number of nitrogens with zero attached hydrogens (tertiary/aromatic N) is 1. The van der Waals surface area contributed by atoms with E-state index in [2.05, 4.69) is 6.58 Å². The summed E-state index contributed by atoms with van der Waals surface area (Å²) in [7, 11) is 1.53. The van der Waals surface area contributed by atoms with Gasteiger partial charge in [0.05, 0.1) is 18.1 Å². The summed E-state index contributed by atoms with van der Waals surface area (Å²) < 4.78 is 16.0. The van der Waals surface area contributed by atoms with Crippen molar-refractivity contribution in [1.82, 2.24) is 4.90 Å². The zero-order valence-electron chi connectivity index (χ0n) is 12.7. The molecule has 2 heterocycles. The predicted octanol–water partition coefficient (Wildman–Crippen LogP) is 3.03. The molecule has 0 N–H and O–H groups in total. The number of amides is 2. The Kier molecular flexibility index (Phi) is 4.04. The molecule has 1 fully saturated rings. The van der Waals surface area contributed by atoms with Gasteiger partial charge in [0.1, 0.15) is 5.75 Å². The van der Waals surface area contributed by atoms with E-state index in [1.54, 1.807) is 31.2 Å². The number of carbonyl (C=O) groups excluding carboxylic acids is 2. The normalized spacial score (nSPS) is 19.4. The van der Waals surface area contributed by atoms with Gasteiger partial charge in [-0.2, -0.15) is 0 Å². The molecule has 2 aliphatic heterocycles. The second kappa shape index (κ2) is 6.00. The predicted molar refractivity (Wildman–Crippen MR) is 86.6 cm³/mol. The molecule has 2 aliphatic rings. The summed E-state index contributed by atoms with van der Waals surface area (Å²) in [4.78, 5) is 26.0. The average molecular weight is 333 g/mol. The van der Waals surface area contributed by atoms with Crippen molar-refractivity contribution in [1.29, 1.82) is 0 Å². The molecule has 1 saturated heterocycles. The molecule has 0 saturated carbocycles. The summed E-state index contributed by atoms with van der Waals surface area (Å²) in [6.45, 7) is 5.52. The zero-order chi connectivity index (χ0) is 16.6. The fourth-order valence-corrected chi connectivity index (χ4v) is 3.21. The Morgan fingerprint density at radius 2 is 2.04 bits per heavy atom. The van der Waals surface area contributed by atoms with Gasteiger partial charge < -0.3 is 14.2 Å². The molecule has 6 nitrogen and oxygen atoms in total. The molecule has 7 heteroatoms. The van der Waals surface area contributed by atoms with Gasteiger partial charge in [0.25, 0.3) is 11.1 Å². The number of methoxy groups -OCH3 is 1. The van der Waals surface area contributed by atoms with Crippen molar-refractivity contribution in [3.63, 3.8) is 0 Å². The lowest BCUT2D eigenvalue weighted by Crippen LogP contribution is -2.35. The summed E-state index contributed by atoms with van der Waals surface area (Å²) in [5, 5.41) is -0.312. The monoisotopic (exact) mass is 333 g/mol. The fourth-order valence-electron chi connectivity index (χ4n) is 2.31. The number of carbonyl (C=O) groups is 2. The number of fused-ring (bicyclic) bond motifs is 1. The topological polar surface area (TPSA) is 65.1 Å². The van der Waals surface area contributed by atoms with E-state index >= 15 is 0 Å². The smallest absolute Gasteiger partial charge is 0.294 e. The molecule has 1 aromatic rings. The molecule has 0 bridgehead atoms. The molecule has 0 unspecified atom stereocenters. The van der Waals surface area contributed by atoms with Crippen molar-refractivity contribution in [2.45, 2.75) is 13.0 Å². The Hall–Kier alpha value is -2.41. The second-order valence-electron chi connectivity index (χ2n) is 4.98. The number of hydrogen-bond acceptors (Lipinski definition) is 6. The standard InChI is InChI=1S/C16H15NO5S/c1-4-9(2)17-15(18)14(23-16(17)19)6-10-5-12-13(22-8-21-12)7-11(10)20-3/h4-7,9H,1,8H2,2-3H3/b14-6+/t9-/m0/s1. The van der Waals surface area contributed by atoms with Gasteiger partial charge in [0.2, 0.25) is 6.79 Å². The molecule has 0 spiro atoms. The van der Waals surface area contributed by atoms with Gasteiger partial charge in [-0.3, -0.25) is 14.5 Å². The van der Waals surface area contributed by atoms with Crippen LogP contribution in [0.25, 0.3) is 6.08 Å². The van der Waals surface area contributed by atoms with Crippen LogP contribution in [-0.4, -0.2) is 36.0 Å². The minimum atomic E-state index is -0.355. The number of thioether (sulfide) groups is 1. The Bertz CT molecular complexity index is 727. The molecule has 1 aromatic carbocycles. The minimum absolute atomic E-state index is 0.148. The summed E-state index contributed by atoms with van der Waals surface area (Å²) in [6.07, 6.45) is 3.18. The van der Waals surface area contributed by atoms with Crippen molar-refractivity contribution >= 4 is 29.0 Å². The van der Waals surface area contributed by atoms with Crippen molar-refractivity contribution < 1.29 is 23.8 Å². The first kappa shape index (κ1) is 15.5. The highest BCUT2D eigenvalue weighted by atomic mass is 32.2. The van der Waals surface area contributed by atoms with Crippen molar-refractivity contribution in [3.05, 3.63) is 35.3 Å². The molecule has 23 heavy (non-hydrogen) atoms. The Balaban J connectivity index is 1.98. The molecular weight excluding hydrogens is 318 g/mol. The van der Waals surface area contributed by atoms with Gasteiger partial charge in [0, 0.05) is 11.6 Å². The summed E-state index contributed by atoms with van der Waals surface area (Å²) >= 11 is 0.896. The van der Waals surface area contributed by atoms with Gasteiger partial charge in [-0.05, 0) is 30.8 Å². The minimum Gasteiger partial charge on any atom is -0.496 e. The molecule has 0 radical (unpaired) electrons. The van der Waals surface area contributed by atoms with Gasteiger partial charge in [-0.1, -0.05) is 6.08 Å². The maximum absolute atomic E-state index is 12.4. The van der Waals surface area contributed by atoms with Gasteiger partial charge >= 0.3 is 0 Å². The summed E-state index contributed by atoms with van der Waals surface area (Å²) in [5.41, 5.74) is 0.647. The third-order valence-corrected chi connectivity index (χ3v) is 4.47. The highest BCUT2D eigenvalue weighted by Gasteiger charge is 2.37. The first-order valence-corrected chi connectivity index (χ1v) is 7.74. The van der Waals surface area contributed by atoms with E-state index in [1.807, 2.05) is 0 Å². The third-order valence-electron chi connectivity index (χ3n) is 3.58. The summed E-state index contributed by atoms with van der Waals surface area (Å²) in [6, 6.07) is 3.07. The molecule has 2 amide bonds. The van der Waals surface area contributed by atoms with E-state index in [4.69, 9.17) is 14.2 Å². The molecule has 0 aliphatic carbocycles. The number of hydrogen-bond donors (Lipinski definition) is 0. The number of benzene rings is 1. The van der Waals surface area contributed by atoms with Gasteiger partial charge in [-0.15, -0.1) is 6.58 Å². The fraction of sp³-hybridized carbons (Fsp3) is 0.250. The van der Waals surface area contributed by atoms with E-state index in [0.717, 1.165) is 11.8 Å². The second-order valence-corrected chi connectivity index (χ2v) is 5.97. The van der Waals surface area contributed by atoms with Crippen LogP contribution in [0.4, 0.5) is 4.79 Å². The third kappa shape index (κ3) is 2.68. The lowest BCUT2D eigenvalue weighted by atomic mass is 10.1. The van der Waals surface area contributed by atoms with E-state index in [1.165, 1.54) is 12.0 Å². The van der Waals surface area contributed by atoms with Crippen LogP contribution < -0.4 is 14.2 Å². The average Bonchev–Trinajstić information content (AvgIpc) is 3.10. The van der Waals surface area contributed by atoms with Gasteiger partial charge in [0.15, 0.2) is 11.5 Å². The molecule has 0 aromatic heterocycles. The largest absolute Gasteiger partial charge is 0.496 e. The lowest BCUT2D eigenvalue weighted by Gasteiger charge is -2.17. The molecular formula is C16H15NO5S. The quantitative estimate of drug-likeness (QED) is 0.623. The van der Waals surface area contributed by atoms with Crippen molar-refractivity contribution in [2.75, 3.05) is 13.9 Å². The first-order chi connectivity index (χ1) is 11.0. The van der Waals surface area contributed by atoms with Crippen LogP contribution in [0.1, 0.15) is 12.5 Å². The Morgan fingerprint density at radius 3 is 2.70 bits per heavy atom. The van der Waals surface area contributed by atoms with Crippen LogP contribution in [0.15, 0.2) is 29.7 Å². The zero-order valence-corrected chi connectivity index (χ0v) is 13.5. The first-order valence-electron chi connectivity index (χ1n) is 6.92. The van der Waals surface area contributed by atoms with E-state index in [-0.39, 0.29) is 24.0 Å². The number of rotatable bonds is 4. The highest BCUT2D eigenvalue weighted by molar-refractivity contribution is 8.18. The lowest BCUT2D eigenvalue weighted by molar-refractivity contribution is -0.123. The molecule has 3 rings (SSSR count). The van der Waals surface area contributed by atoms with E-state index in [0.29, 0.717) is 27.7 Å². The van der Waals surface area contributed by atoms with Crippen LogP contribution >= 0.6 is 11.8 Å². The Labute approximate surface area is 137 Å². The highest BCUT2D eigenvalue weighted by Crippen LogP contribution is 2.41. The SMILES string of the molecule is C=C[C@H](C)N1C(=O)S/C(=C/c2cc3c(cc2OC)OCO3)C1=O. The number of ether oxygens (including phenoxy) is 3. The Morgan fingerprint density at radius 1 is 1.35 bits per heavy atom. The van der Waals surface area contributed by atoms with Crippen molar-refractivity contribution in [3.8, 4) is 17.2 Å². The summed E-state index contributed by atoms with van der Waals surface area (Å²) in [5.74, 6) is 1.37. The maximum atomic E-state index is 12.4. The van der Waals surface area contributed by atoms with Gasteiger partial charge in [-0.25, -0.2) is 0 Å².